The van der Waals surface area contributed by atoms with E-state index in [-0.39, 0.29) is 31.6 Å². The minimum atomic E-state index is -0.839. The van der Waals surface area contributed by atoms with Crippen molar-refractivity contribution in [2.75, 3.05) is 13.2 Å². The first-order valence-electron chi connectivity index (χ1n) is 32.4. The summed E-state index contributed by atoms with van der Waals surface area (Å²) in [5, 5.41) is 0. The maximum Gasteiger partial charge on any atom is 0.310 e. The maximum absolute atomic E-state index is 12.8. The molecule has 0 aliphatic rings. The highest BCUT2D eigenvalue weighted by Gasteiger charge is 2.19. The van der Waals surface area contributed by atoms with E-state index in [0.717, 1.165) is 109 Å². The molecule has 0 aromatic heterocycles. The van der Waals surface area contributed by atoms with Gasteiger partial charge in [-0.15, -0.1) is 0 Å². The van der Waals surface area contributed by atoms with Crippen molar-refractivity contribution >= 4 is 17.9 Å². The molecule has 0 fully saturated rings. The molecule has 0 aromatic carbocycles. The molecule has 77 heavy (non-hydrogen) atoms. The van der Waals surface area contributed by atoms with Gasteiger partial charge in [0.1, 0.15) is 13.2 Å². The molecule has 0 saturated carbocycles. The van der Waals surface area contributed by atoms with Gasteiger partial charge in [0.05, 0.1) is 6.42 Å². The number of esters is 3. The lowest BCUT2D eigenvalue weighted by atomic mass is 10.0. The maximum atomic E-state index is 12.8. The van der Waals surface area contributed by atoms with Gasteiger partial charge < -0.3 is 14.2 Å². The molecule has 0 radical (unpaired) electrons. The van der Waals surface area contributed by atoms with Crippen LogP contribution >= 0.6 is 0 Å². The molecule has 0 amide bonds. The van der Waals surface area contributed by atoms with Crippen LogP contribution in [0.4, 0.5) is 0 Å². The highest BCUT2D eigenvalue weighted by atomic mass is 16.6. The fourth-order valence-electron chi connectivity index (χ4n) is 8.94. The molecule has 440 valence electrons. The van der Waals surface area contributed by atoms with E-state index in [1.807, 2.05) is 6.08 Å². The van der Waals surface area contributed by atoms with Crippen molar-refractivity contribution in [1.29, 1.82) is 0 Å². The Bertz CT molecular complexity index is 1560. The van der Waals surface area contributed by atoms with Crippen molar-refractivity contribution in [2.24, 2.45) is 0 Å². The van der Waals surface area contributed by atoms with Crippen molar-refractivity contribution in [1.82, 2.24) is 0 Å². The first kappa shape index (κ1) is 73.1. The molecule has 0 saturated heterocycles. The lowest BCUT2D eigenvalue weighted by molar-refractivity contribution is -0.166. The average Bonchev–Trinajstić information content (AvgIpc) is 3.43. The minimum absolute atomic E-state index is 0.0925. The van der Waals surface area contributed by atoms with Gasteiger partial charge in [0.15, 0.2) is 6.10 Å². The Hall–Kier alpha value is -3.93. The number of hydrogen-bond acceptors (Lipinski definition) is 6. The topological polar surface area (TPSA) is 78.9 Å². The molecule has 0 bridgehead atoms. The van der Waals surface area contributed by atoms with Crippen LogP contribution in [0.25, 0.3) is 0 Å². The number of allylic oxidation sites excluding steroid dienone is 17. The Morgan fingerprint density at radius 1 is 0.286 bits per heavy atom. The monoisotopic (exact) mass is 1070 g/mol. The van der Waals surface area contributed by atoms with Crippen LogP contribution in [0, 0.1) is 0 Å². The number of hydrogen-bond donors (Lipinski definition) is 0. The largest absolute Gasteiger partial charge is 0.462 e. The van der Waals surface area contributed by atoms with E-state index in [1.165, 1.54) is 154 Å². The standard InChI is InChI=1S/C71H120O6/c1-4-7-10-13-16-19-22-25-27-28-29-30-31-32-33-34-35-36-37-38-39-40-41-42-44-46-49-52-55-58-61-64-70(73)76-67-68(66-75-69(72)63-60-57-54-51-48-45-24-21-18-15-12-9-6-3)77-71(74)65-62-59-56-53-50-47-43-26-23-20-17-14-11-8-5-2/h8,11-12,15,17,20-22,24-26,28-29,43,50,53,59,62,68H,4-7,9-10,13-14,16,18-19,23,27,30-42,44-49,51-52,54-58,60-61,63-67H2,1-3H3/b11-8-,15-12-,20-17-,24-21-,25-22-,29-28-,43-26-,53-50-,62-59-. The Morgan fingerprint density at radius 2 is 0.571 bits per heavy atom. The highest BCUT2D eigenvalue weighted by Crippen LogP contribution is 2.16. The zero-order valence-electron chi connectivity index (χ0n) is 50.4. The van der Waals surface area contributed by atoms with Crippen LogP contribution in [-0.4, -0.2) is 37.2 Å². The molecule has 6 heteroatoms. The number of carbonyl (C=O) groups is 3. The van der Waals surface area contributed by atoms with Gasteiger partial charge >= 0.3 is 17.9 Å². The van der Waals surface area contributed by atoms with E-state index in [1.54, 1.807) is 6.08 Å². The van der Waals surface area contributed by atoms with E-state index in [2.05, 4.69) is 118 Å². The van der Waals surface area contributed by atoms with Crippen molar-refractivity contribution in [3.63, 3.8) is 0 Å². The van der Waals surface area contributed by atoms with Crippen molar-refractivity contribution in [2.45, 2.75) is 309 Å². The van der Waals surface area contributed by atoms with Crippen LogP contribution in [0.15, 0.2) is 109 Å². The fourth-order valence-corrected chi connectivity index (χ4v) is 8.94. The summed E-state index contributed by atoms with van der Waals surface area (Å²) >= 11 is 0. The lowest BCUT2D eigenvalue weighted by Crippen LogP contribution is -2.30. The third-order valence-corrected chi connectivity index (χ3v) is 13.7. The van der Waals surface area contributed by atoms with Crippen molar-refractivity contribution in [3.8, 4) is 0 Å². The zero-order valence-corrected chi connectivity index (χ0v) is 50.4. The second-order valence-electron chi connectivity index (χ2n) is 21.3. The molecular weight excluding hydrogens is 949 g/mol. The van der Waals surface area contributed by atoms with Crippen LogP contribution < -0.4 is 0 Å². The second-order valence-corrected chi connectivity index (χ2v) is 21.3. The third kappa shape index (κ3) is 62.8. The fraction of sp³-hybridized carbons (Fsp3) is 0.704. The predicted molar refractivity (Wildman–Crippen MR) is 334 cm³/mol. The summed E-state index contributed by atoms with van der Waals surface area (Å²) in [7, 11) is 0. The number of rotatable bonds is 58. The van der Waals surface area contributed by atoms with E-state index in [0.29, 0.717) is 12.8 Å². The molecule has 0 aliphatic heterocycles. The Morgan fingerprint density at radius 3 is 0.909 bits per heavy atom. The normalized spacial score (nSPS) is 12.8. The van der Waals surface area contributed by atoms with Crippen LogP contribution in [0.5, 0.6) is 0 Å². The second kappa shape index (κ2) is 64.6. The molecule has 6 nitrogen and oxygen atoms in total. The number of ether oxygens (including phenoxy) is 3. The molecule has 0 aromatic rings. The number of carbonyl (C=O) groups excluding carboxylic acids is 3. The first-order chi connectivity index (χ1) is 38.0. The highest BCUT2D eigenvalue weighted by molar-refractivity contribution is 5.72. The smallest absolute Gasteiger partial charge is 0.310 e. The SMILES string of the molecule is CC/C=C\C/C=C\C/C=C\C/C=C\C/C=C\CC(=O)OC(COC(=O)CCCCCCC/C=C\C/C=C\CCC)COC(=O)CCCCCCCCCCCCCCCCCCCCC/C=C\C/C=C\CCCCCCC. The molecular formula is C71H120O6. The van der Waals surface area contributed by atoms with Crippen LogP contribution in [0.1, 0.15) is 303 Å². The molecule has 0 aliphatic carbocycles. The van der Waals surface area contributed by atoms with Crippen LogP contribution in [-0.2, 0) is 28.6 Å². The molecule has 0 heterocycles. The Kier molecular flexibility index (Phi) is 61.3. The lowest BCUT2D eigenvalue weighted by Gasteiger charge is -2.18. The van der Waals surface area contributed by atoms with Gasteiger partial charge in [-0.25, -0.2) is 0 Å². The summed E-state index contributed by atoms with van der Waals surface area (Å²) in [5.41, 5.74) is 0. The van der Waals surface area contributed by atoms with E-state index >= 15 is 0 Å². The summed E-state index contributed by atoms with van der Waals surface area (Å²) in [6.07, 6.45) is 88.6. The van der Waals surface area contributed by atoms with Gasteiger partial charge in [0, 0.05) is 12.8 Å². The molecule has 1 unspecified atom stereocenters. The van der Waals surface area contributed by atoms with Gasteiger partial charge in [0.2, 0.25) is 0 Å². The summed E-state index contributed by atoms with van der Waals surface area (Å²) in [4.78, 5) is 38.1. The Labute approximate surface area is 476 Å². The van der Waals surface area contributed by atoms with Crippen LogP contribution in [0.3, 0.4) is 0 Å². The van der Waals surface area contributed by atoms with Gasteiger partial charge in [-0.3, -0.25) is 14.4 Å². The van der Waals surface area contributed by atoms with Crippen molar-refractivity contribution in [3.05, 3.63) is 109 Å². The van der Waals surface area contributed by atoms with Gasteiger partial charge in [-0.1, -0.05) is 291 Å². The summed E-state index contributed by atoms with van der Waals surface area (Å²) < 4.78 is 16.8. The van der Waals surface area contributed by atoms with Crippen LogP contribution in [0.2, 0.25) is 0 Å². The summed E-state index contributed by atoms with van der Waals surface area (Å²) in [6.45, 7) is 6.37. The predicted octanol–water partition coefficient (Wildman–Crippen LogP) is 22.2. The quantitative estimate of drug-likeness (QED) is 0.0261. The van der Waals surface area contributed by atoms with Crippen molar-refractivity contribution < 1.29 is 28.6 Å². The van der Waals surface area contributed by atoms with Gasteiger partial charge in [0.25, 0.3) is 0 Å². The zero-order chi connectivity index (χ0) is 55.7. The molecule has 1 atom stereocenters. The summed E-state index contributed by atoms with van der Waals surface area (Å²) in [5.74, 6) is -1.06. The molecule has 0 rings (SSSR count). The van der Waals surface area contributed by atoms with E-state index in [4.69, 9.17) is 14.2 Å². The first-order valence-corrected chi connectivity index (χ1v) is 32.4. The van der Waals surface area contributed by atoms with E-state index in [9.17, 15) is 14.4 Å². The molecule has 0 N–H and O–H groups in total. The van der Waals surface area contributed by atoms with E-state index < -0.39 is 12.1 Å². The van der Waals surface area contributed by atoms with Gasteiger partial charge in [-0.2, -0.15) is 0 Å². The number of unbranched alkanes of at least 4 members (excludes halogenated alkanes) is 30. The average molecular weight is 1070 g/mol. The van der Waals surface area contributed by atoms with Gasteiger partial charge in [-0.05, 0) is 103 Å². The third-order valence-electron chi connectivity index (χ3n) is 13.7. The summed E-state index contributed by atoms with van der Waals surface area (Å²) in [6, 6.07) is 0. The Balaban J connectivity index is 4.23. The molecule has 0 spiro atoms. The minimum Gasteiger partial charge on any atom is -0.462 e.